The van der Waals surface area contributed by atoms with E-state index in [0.29, 0.717) is 0 Å². The molecule has 0 saturated heterocycles. The third-order valence-electron chi connectivity index (χ3n) is 4.52. The predicted molar refractivity (Wildman–Crippen MR) is 104 cm³/mol. The second-order valence-electron chi connectivity index (χ2n) is 5.95. The van der Waals surface area contributed by atoms with Gasteiger partial charge in [0, 0.05) is 20.6 Å². The van der Waals surface area contributed by atoms with Crippen molar-refractivity contribution in [2.45, 2.75) is 0 Å². The molecular formula is C22H13BrO. The number of hydrogen-bond donors (Lipinski definition) is 0. The molecule has 0 bridgehead atoms. The molecule has 5 rings (SSSR count). The fraction of sp³-hybridized carbons (Fsp3) is 0. The molecule has 0 fully saturated rings. The quantitative estimate of drug-likeness (QED) is 0.304. The lowest BCUT2D eigenvalue weighted by Crippen LogP contribution is -1.82. The normalized spacial score (nSPS) is 11.5. The minimum atomic E-state index is 0.920. The first kappa shape index (κ1) is 13.8. The van der Waals surface area contributed by atoms with Crippen LogP contribution in [-0.4, -0.2) is 0 Å². The van der Waals surface area contributed by atoms with E-state index in [0.717, 1.165) is 31.8 Å². The van der Waals surface area contributed by atoms with Crippen molar-refractivity contribution in [1.82, 2.24) is 0 Å². The molecule has 2 heteroatoms. The van der Waals surface area contributed by atoms with E-state index in [9.17, 15) is 0 Å². The summed E-state index contributed by atoms with van der Waals surface area (Å²) in [6.07, 6.45) is 0. The summed E-state index contributed by atoms with van der Waals surface area (Å²) < 4.78 is 7.25. The Morgan fingerprint density at radius 1 is 0.625 bits per heavy atom. The van der Waals surface area contributed by atoms with E-state index in [1.807, 2.05) is 12.1 Å². The number of rotatable bonds is 1. The Morgan fingerprint density at radius 2 is 1.38 bits per heavy atom. The highest BCUT2D eigenvalue weighted by molar-refractivity contribution is 9.10. The van der Waals surface area contributed by atoms with Gasteiger partial charge in [-0.15, -0.1) is 0 Å². The Morgan fingerprint density at radius 3 is 2.21 bits per heavy atom. The Hall–Kier alpha value is -2.58. The summed E-state index contributed by atoms with van der Waals surface area (Å²) in [6.45, 7) is 0. The molecule has 24 heavy (non-hydrogen) atoms. The number of benzene rings is 4. The van der Waals surface area contributed by atoms with Gasteiger partial charge in [0.2, 0.25) is 0 Å². The van der Waals surface area contributed by atoms with Gasteiger partial charge in [-0.1, -0.05) is 70.5 Å². The molecule has 0 aliphatic carbocycles. The first-order valence-electron chi connectivity index (χ1n) is 7.90. The van der Waals surface area contributed by atoms with Crippen LogP contribution in [0.3, 0.4) is 0 Å². The van der Waals surface area contributed by atoms with Crippen molar-refractivity contribution in [2.75, 3.05) is 0 Å². The minimum Gasteiger partial charge on any atom is -0.455 e. The molecule has 0 radical (unpaired) electrons. The Bertz CT molecular complexity index is 1200. The molecule has 0 saturated carbocycles. The molecule has 0 aliphatic heterocycles. The fourth-order valence-corrected chi connectivity index (χ4v) is 3.79. The van der Waals surface area contributed by atoms with Crippen LogP contribution >= 0.6 is 15.9 Å². The molecule has 0 spiro atoms. The Balaban J connectivity index is 2.01. The average Bonchev–Trinajstić information content (AvgIpc) is 3.00. The van der Waals surface area contributed by atoms with Gasteiger partial charge in [-0.25, -0.2) is 0 Å². The van der Waals surface area contributed by atoms with E-state index < -0.39 is 0 Å². The van der Waals surface area contributed by atoms with Crippen molar-refractivity contribution in [3.05, 3.63) is 83.3 Å². The highest BCUT2D eigenvalue weighted by Crippen LogP contribution is 2.40. The summed E-state index contributed by atoms with van der Waals surface area (Å²) in [5.74, 6) is 0. The van der Waals surface area contributed by atoms with E-state index in [-0.39, 0.29) is 0 Å². The molecule has 1 aromatic heterocycles. The third kappa shape index (κ3) is 2.00. The molecule has 1 nitrogen and oxygen atoms in total. The zero-order chi connectivity index (χ0) is 16.1. The summed E-state index contributed by atoms with van der Waals surface area (Å²) in [7, 11) is 0. The number of furan rings is 1. The van der Waals surface area contributed by atoms with Crippen molar-refractivity contribution >= 4 is 48.6 Å². The molecule has 5 aromatic rings. The summed E-state index contributed by atoms with van der Waals surface area (Å²) in [5, 5.41) is 4.67. The van der Waals surface area contributed by atoms with Crippen LogP contribution in [0.1, 0.15) is 0 Å². The monoisotopic (exact) mass is 372 g/mol. The van der Waals surface area contributed by atoms with Crippen molar-refractivity contribution in [3.8, 4) is 11.1 Å². The van der Waals surface area contributed by atoms with Crippen LogP contribution in [-0.2, 0) is 0 Å². The summed E-state index contributed by atoms with van der Waals surface area (Å²) >= 11 is 3.57. The van der Waals surface area contributed by atoms with Gasteiger partial charge in [-0.2, -0.15) is 0 Å². The highest BCUT2D eigenvalue weighted by atomic mass is 79.9. The first-order valence-corrected chi connectivity index (χ1v) is 8.69. The van der Waals surface area contributed by atoms with Gasteiger partial charge >= 0.3 is 0 Å². The lowest BCUT2D eigenvalue weighted by Gasteiger charge is -2.08. The van der Waals surface area contributed by atoms with Crippen molar-refractivity contribution in [1.29, 1.82) is 0 Å². The zero-order valence-electron chi connectivity index (χ0n) is 12.8. The van der Waals surface area contributed by atoms with E-state index in [1.54, 1.807) is 0 Å². The van der Waals surface area contributed by atoms with Crippen molar-refractivity contribution in [2.24, 2.45) is 0 Å². The smallest absolute Gasteiger partial charge is 0.143 e. The van der Waals surface area contributed by atoms with Crippen LogP contribution in [0.5, 0.6) is 0 Å². The predicted octanol–water partition coefficient (Wildman–Crippen LogP) is 7.17. The number of hydrogen-bond acceptors (Lipinski definition) is 1. The van der Waals surface area contributed by atoms with E-state index in [1.165, 1.54) is 16.5 Å². The first-order chi connectivity index (χ1) is 11.8. The number of halogens is 1. The van der Waals surface area contributed by atoms with Crippen molar-refractivity contribution in [3.63, 3.8) is 0 Å². The standard InChI is InChI=1S/C22H13BrO/c23-15-10-11-21-19(12-15)20-13-18(14-6-2-1-3-7-14)16-8-4-5-9-17(16)22(20)24-21/h1-13H. The van der Waals surface area contributed by atoms with Gasteiger partial charge in [0.25, 0.3) is 0 Å². The van der Waals surface area contributed by atoms with E-state index >= 15 is 0 Å². The minimum absolute atomic E-state index is 0.920. The van der Waals surface area contributed by atoms with Crippen LogP contribution in [0.4, 0.5) is 0 Å². The highest BCUT2D eigenvalue weighted by Gasteiger charge is 2.14. The van der Waals surface area contributed by atoms with E-state index in [4.69, 9.17) is 4.42 Å². The van der Waals surface area contributed by atoms with Crippen LogP contribution in [0.25, 0.3) is 43.8 Å². The summed E-state index contributed by atoms with van der Waals surface area (Å²) in [5.41, 5.74) is 4.34. The summed E-state index contributed by atoms with van der Waals surface area (Å²) in [4.78, 5) is 0. The molecule has 114 valence electrons. The average molecular weight is 373 g/mol. The van der Waals surface area contributed by atoms with Crippen LogP contribution < -0.4 is 0 Å². The van der Waals surface area contributed by atoms with Gasteiger partial charge in [-0.3, -0.25) is 0 Å². The van der Waals surface area contributed by atoms with Gasteiger partial charge < -0.3 is 4.42 Å². The second kappa shape index (κ2) is 5.22. The lowest BCUT2D eigenvalue weighted by molar-refractivity contribution is 0.672. The van der Waals surface area contributed by atoms with Crippen LogP contribution in [0, 0.1) is 0 Å². The molecule has 0 atom stereocenters. The molecule has 0 N–H and O–H groups in total. The Labute approximate surface area is 147 Å². The maximum Gasteiger partial charge on any atom is 0.143 e. The molecule has 4 aromatic carbocycles. The maximum absolute atomic E-state index is 6.19. The Kier molecular flexibility index (Phi) is 3.00. The molecular weight excluding hydrogens is 360 g/mol. The van der Waals surface area contributed by atoms with Crippen LogP contribution in [0.2, 0.25) is 0 Å². The van der Waals surface area contributed by atoms with Gasteiger partial charge in [0.1, 0.15) is 11.2 Å². The third-order valence-corrected chi connectivity index (χ3v) is 5.02. The molecule has 1 heterocycles. The second-order valence-corrected chi connectivity index (χ2v) is 6.87. The zero-order valence-corrected chi connectivity index (χ0v) is 14.4. The van der Waals surface area contributed by atoms with Crippen molar-refractivity contribution < 1.29 is 4.42 Å². The lowest BCUT2D eigenvalue weighted by atomic mass is 9.95. The summed E-state index contributed by atoms with van der Waals surface area (Å²) in [6, 6.07) is 27.4. The van der Waals surface area contributed by atoms with Gasteiger partial charge in [0.05, 0.1) is 0 Å². The molecule has 0 amide bonds. The maximum atomic E-state index is 6.19. The molecule has 0 unspecified atom stereocenters. The molecule has 0 aliphatic rings. The number of fused-ring (bicyclic) bond motifs is 5. The SMILES string of the molecule is Brc1ccc2oc3c4ccccc4c(-c4ccccc4)cc3c2c1. The largest absolute Gasteiger partial charge is 0.455 e. The van der Waals surface area contributed by atoms with Crippen LogP contribution in [0.15, 0.2) is 87.8 Å². The van der Waals surface area contributed by atoms with E-state index in [2.05, 4.69) is 82.7 Å². The van der Waals surface area contributed by atoms with Gasteiger partial charge in [-0.05, 0) is 40.8 Å². The van der Waals surface area contributed by atoms with Gasteiger partial charge in [0.15, 0.2) is 0 Å². The fourth-order valence-electron chi connectivity index (χ4n) is 3.43. The topological polar surface area (TPSA) is 13.1 Å².